The van der Waals surface area contributed by atoms with Gasteiger partial charge in [-0.05, 0) is 108 Å². The van der Waals surface area contributed by atoms with Gasteiger partial charge < -0.3 is 9.29 Å². The zero-order valence-corrected chi connectivity index (χ0v) is 21.4. The van der Waals surface area contributed by atoms with Crippen molar-refractivity contribution in [3.63, 3.8) is 0 Å². The van der Waals surface area contributed by atoms with Crippen molar-refractivity contribution in [2.24, 2.45) is 34.5 Å². The van der Waals surface area contributed by atoms with E-state index in [1.54, 1.807) is 7.11 Å². The molecule has 178 valence electrons. The number of fused-ring (bicyclic) bond motifs is 5. The van der Waals surface area contributed by atoms with Gasteiger partial charge in [0, 0.05) is 6.42 Å². The number of carbonyl (C=O) groups is 1. The van der Waals surface area contributed by atoms with E-state index in [0.29, 0.717) is 41.6 Å². The van der Waals surface area contributed by atoms with E-state index in [2.05, 4.69) is 20.8 Å². The van der Waals surface area contributed by atoms with E-state index in [1.165, 1.54) is 36.8 Å². The molecule has 0 bridgehead atoms. The zero-order valence-electron chi connectivity index (χ0n) is 20.6. The van der Waals surface area contributed by atoms with Crippen molar-refractivity contribution < 1.29 is 14.1 Å². The van der Waals surface area contributed by atoms with Gasteiger partial charge in [-0.1, -0.05) is 44.5 Å². The summed E-state index contributed by atoms with van der Waals surface area (Å²) in [4.78, 5) is 13.1. The van der Waals surface area contributed by atoms with Crippen LogP contribution >= 0.6 is 0 Å². The average Bonchev–Trinajstić information content (AvgIpc) is 3.16. The molecule has 0 spiro atoms. The van der Waals surface area contributed by atoms with Crippen LogP contribution in [0.25, 0.3) is 0 Å². The first-order chi connectivity index (χ1) is 15.8. The molecule has 1 aromatic rings. The highest BCUT2D eigenvalue weighted by molar-refractivity contribution is 7.91. The Morgan fingerprint density at radius 3 is 2.55 bits per heavy atom. The quantitative estimate of drug-likeness (QED) is 0.377. The largest absolute Gasteiger partial charge is 0.611 e. The summed E-state index contributed by atoms with van der Waals surface area (Å²) in [6, 6.07) is 9.76. The monoisotopic (exact) mass is 466 g/mol. The predicted molar refractivity (Wildman–Crippen MR) is 133 cm³/mol. The first kappa shape index (κ1) is 23.2. The molecular formula is C29H38O3S. The van der Waals surface area contributed by atoms with Crippen LogP contribution in [0, 0.1) is 34.5 Å². The molecule has 0 amide bonds. The number of ketones is 1. The molecule has 2 unspecified atom stereocenters. The standard InChI is InChI=1S/C29H38O3S/c1-19-16-22-23-10-11-25(27(32-4)18-33(31)21-8-6-5-7-9-21)28(23,2)15-13-24(22)29(3)14-12-20(30)17-26(19)29/h5-9,17,19,22-24H,10-16,18H2,1-4H3/t19?,22-,23-,24-,28-,29+,33?/m0/s1. The second-order valence-electron chi connectivity index (χ2n) is 11.4. The van der Waals surface area contributed by atoms with E-state index in [4.69, 9.17) is 4.74 Å². The van der Waals surface area contributed by atoms with Gasteiger partial charge >= 0.3 is 0 Å². The van der Waals surface area contributed by atoms with Gasteiger partial charge in [-0.2, -0.15) is 0 Å². The highest BCUT2D eigenvalue weighted by atomic mass is 32.2. The van der Waals surface area contributed by atoms with Crippen LogP contribution in [-0.4, -0.2) is 23.2 Å². The number of ether oxygens (including phenoxy) is 1. The third-order valence-corrected chi connectivity index (χ3v) is 11.2. The normalized spacial score (nSPS) is 40.3. The third-order valence-electron chi connectivity index (χ3n) is 9.91. The highest BCUT2D eigenvalue weighted by Crippen LogP contribution is 2.67. The second kappa shape index (κ2) is 8.61. The van der Waals surface area contributed by atoms with E-state index >= 15 is 0 Å². The fourth-order valence-electron chi connectivity index (χ4n) is 8.30. The molecule has 0 aliphatic heterocycles. The van der Waals surface area contributed by atoms with Gasteiger partial charge in [0.1, 0.15) is 5.76 Å². The topological polar surface area (TPSA) is 49.4 Å². The Kier molecular flexibility index (Phi) is 6.06. The lowest BCUT2D eigenvalue weighted by Gasteiger charge is -2.59. The fraction of sp³-hybridized carbons (Fsp3) is 0.621. The van der Waals surface area contributed by atoms with Gasteiger partial charge in [-0.3, -0.25) is 4.79 Å². The molecule has 33 heavy (non-hydrogen) atoms. The van der Waals surface area contributed by atoms with Crippen molar-refractivity contribution in [3.8, 4) is 0 Å². The van der Waals surface area contributed by atoms with E-state index in [-0.39, 0.29) is 10.8 Å². The van der Waals surface area contributed by atoms with Crippen LogP contribution < -0.4 is 0 Å². The number of carbonyl (C=O) groups excluding carboxylic acids is 1. The number of hydrogen-bond donors (Lipinski definition) is 0. The minimum Gasteiger partial charge on any atom is -0.611 e. The highest BCUT2D eigenvalue weighted by Gasteiger charge is 2.59. The van der Waals surface area contributed by atoms with Crippen LogP contribution in [0.5, 0.6) is 0 Å². The molecule has 4 heteroatoms. The molecule has 0 saturated heterocycles. The predicted octanol–water partition coefficient (Wildman–Crippen LogP) is 6.47. The maximum absolute atomic E-state index is 13.1. The number of benzene rings is 1. The van der Waals surface area contributed by atoms with Gasteiger partial charge in [0.2, 0.25) is 0 Å². The van der Waals surface area contributed by atoms with Crippen molar-refractivity contribution in [1.82, 2.24) is 0 Å². The Morgan fingerprint density at radius 1 is 1.09 bits per heavy atom. The van der Waals surface area contributed by atoms with Gasteiger partial charge in [-0.25, -0.2) is 0 Å². The Balaban J connectivity index is 1.44. The number of rotatable bonds is 4. The Bertz CT molecular complexity index is 982. The summed E-state index contributed by atoms with van der Waals surface area (Å²) in [5, 5.41) is 0. The number of allylic oxidation sites excluding steroid dienone is 2. The van der Waals surface area contributed by atoms with Crippen molar-refractivity contribution in [2.45, 2.75) is 70.6 Å². The van der Waals surface area contributed by atoms with Crippen LogP contribution in [-0.2, 0) is 20.7 Å². The Morgan fingerprint density at radius 2 is 1.82 bits per heavy atom. The van der Waals surface area contributed by atoms with E-state index in [9.17, 15) is 9.35 Å². The maximum atomic E-state index is 13.1. The molecule has 4 aliphatic carbocycles. The van der Waals surface area contributed by atoms with Crippen LogP contribution in [0.4, 0.5) is 0 Å². The lowest BCUT2D eigenvalue weighted by atomic mass is 9.45. The van der Waals surface area contributed by atoms with Crippen molar-refractivity contribution in [1.29, 1.82) is 0 Å². The first-order valence-corrected chi connectivity index (χ1v) is 14.0. The summed E-state index contributed by atoms with van der Waals surface area (Å²) in [6.45, 7) is 7.26. The maximum Gasteiger partial charge on any atom is 0.167 e. The van der Waals surface area contributed by atoms with Crippen molar-refractivity contribution in [2.75, 3.05) is 12.9 Å². The molecule has 5 rings (SSSR count). The molecule has 0 N–H and O–H groups in total. The fourth-order valence-corrected chi connectivity index (χ4v) is 9.46. The molecule has 0 aromatic heterocycles. The minimum atomic E-state index is -1.09. The molecule has 3 saturated carbocycles. The summed E-state index contributed by atoms with van der Waals surface area (Å²) in [6.07, 6.45) is 9.60. The smallest absolute Gasteiger partial charge is 0.167 e. The Hall–Kier alpha value is -1.52. The van der Waals surface area contributed by atoms with E-state index < -0.39 is 11.2 Å². The molecule has 0 radical (unpaired) electrons. The van der Waals surface area contributed by atoms with Crippen molar-refractivity contribution in [3.05, 3.63) is 53.3 Å². The van der Waals surface area contributed by atoms with Crippen LogP contribution in [0.1, 0.15) is 65.7 Å². The van der Waals surface area contributed by atoms with E-state index in [1.807, 2.05) is 36.4 Å². The van der Waals surface area contributed by atoms with Gasteiger partial charge in [0.05, 0.1) is 7.11 Å². The molecular weight excluding hydrogens is 428 g/mol. The summed E-state index contributed by atoms with van der Waals surface area (Å²) >= 11 is -1.09. The van der Waals surface area contributed by atoms with Crippen LogP contribution in [0.3, 0.4) is 0 Å². The second-order valence-corrected chi connectivity index (χ2v) is 12.9. The van der Waals surface area contributed by atoms with Crippen LogP contribution in [0.2, 0.25) is 0 Å². The minimum absolute atomic E-state index is 0.134. The lowest BCUT2D eigenvalue weighted by molar-refractivity contribution is -0.117. The third kappa shape index (κ3) is 3.72. The lowest BCUT2D eigenvalue weighted by Crippen LogP contribution is -2.51. The SMILES string of the molecule is COC(C[S+]([O-])c1ccccc1)=C1CC[C@H]2[C@@H]3CC(C)C4=CC(=O)CC[C@]4(C)[C@H]3CC[C@]12C. The summed E-state index contributed by atoms with van der Waals surface area (Å²) < 4.78 is 19.1. The summed E-state index contributed by atoms with van der Waals surface area (Å²) in [7, 11) is 1.76. The van der Waals surface area contributed by atoms with Gasteiger partial charge in [0.15, 0.2) is 16.4 Å². The molecule has 1 aromatic carbocycles. The average molecular weight is 467 g/mol. The first-order valence-electron chi connectivity index (χ1n) is 12.7. The zero-order chi connectivity index (χ0) is 23.4. The van der Waals surface area contributed by atoms with Crippen molar-refractivity contribution >= 4 is 17.0 Å². The summed E-state index contributed by atoms with van der Waals surface area (Å²) in [5.41, 5.74) is 3.18. The van der Waals surface area contributed by atoms with E-state index in [0.717, 1.165) is 23.5 Å². The van der Waals surface area contributed by atoms with Gasteiger partial charge in [-0.15, -0.1) is 0 Å². The summed E-state index contributed by atoms with van der Waals surface area (Å²) in [5.74, 6) is 4.27. The molecule has 3 nitrogen and oxygen atoms in total. The molecule has 3 fully saturated rings. The van der Waals surface area contributed by atoms with Crippen LogP contribution in [0.15, 0.2) is 58.2 Å². The molecule has 7 atom stereocenters. The number of hydrogen-bond acceptors (Lipinski definition) is 3. The van der Waals surface area contributed by atoms with Gasteiger partial charge in [0.25, 0.3) is 0 Å². The number of methoxy groups -OCH3 is 1. The molecule has 4 aliphatic rings. The molecule has 0 heterocycles. The Labute approximate surface area is 202 Å².